The van der Waals surface area contributed by atoms with Crippen molar-refractivity contribution < 1.29 is 28.6 Å². The molecule has 0 amide bonds. The highest BCUT2D eigenvalue weighted by Gasteiger charge is 2.19. The van der Waals surface area contributed by atoms with Crippen molar-refractivity contribution >= 4 is 17.9 Å². The summed E-state index contributed by atoms with van der Waals surface area (Å²) in [7, 11) is 0. The van der Waals surface area contributed by atoms with E-state index in [4.69, 9.17) is 14.2 Å². The van der Waals surface area contributed by atoms with Crippen LogP contribution in [0.1, 0.15) is 367 Å². The SMILES string of the molecule is CCCCC/C=C\CCCCCCCC(=O)OCC(COC(=O)CCCCCCCCCCCCCCCCCCCCCCC/C=C\C/C=C\CCCCCCC)OC(=O)CCCCCCC/C=C\CCCCCCC. The average molecular weight is 1080 g/mol. The highest BCUT2D eigenvalue weighted by Crippen LogP contribution is 2.18. The summed E-state index contributed by atoms with van der Waals surface area (Å²) >= 11 is 0. The van der Waals surface area contributed by atoms with Crippen LogP contribution < -0.4 is 0 Å². The van der Waals surface area contributed by atoms with Gasteiger partial charge in [-0.3, -0.25) is 14.4 Å². The molecule has 6 nitrogen and oxygen atoms in total. The van der Waals surface area contributed by atoms with Crippen LogP contribution in [0, 0.1) is 0 Å². The Morgan fingerprint density at radius 1 is 0.260 bits per heavy atom. The van der Waals surface area contributed by atoms with E-state index in [0.717, 1.165) is 77.0 Å². The summed E-state index contributed by atoms with van der Waals surface area (Å²) in [5.41, 5.74) is 0. The quantitative estimate of drug-likeness (QED) is 0.0261. The van der Waals surface area contributed by atoms with Crippen LogP contribution in [0.4, 0.5) is 0 Å². The lowest BCUT2D eigenvalue weighted by molar-refractivity contribution is -0.167. The molecule has 0 aromatic rings. The van der Waals surface area contributed by atoms with Gasteiger partial charge < -0.3 is 14.2 Å². The van der Waals surface area contributed by atoms with Gasteiger partial charge in [0.15, 0.2) is 6.10 Å². The molecule has 6 heteroatoms. The molecule has 77 heavy (non-hydrogen) atoms. The summed E-state index contributed by atoms with van der Waals surface area (Å²) in [6, 6.07) is 0. The molecule has 0 spiro atoms. The number of unbranched alkanes of at least 4 members (excludes halogenated alkanes) is 44. The summed E-state index contributed by atoms with van der Waals surface area (Å²) in [6.45, 7) is 6.63. The molecule has 450 valence electrons. The van der Waals surface area contributed by atoms with Crippen LogP contribution in [0.5, 0.6) is 0 Å². The Labute approximate surface area is 479 Å². The monoisotopic (exact) mass is 1080 g/mol. The van der Waals surface area contributed by atoms with Crippen molar-refractivity contribution in [2.45, 2.75) is 374 Å². The molecule has 0 aromatic heterocycles. The lowest BCUT2D eigenvalue weighted by atomic mass is 10.0. The van der Waals surface area contributed by atoms with Crippen molar-refractivity contribution in [3.8, 4) is 0 Å². The molecule has 0 radical (unpaired) electrons. The van der Waals surface area contributed by atoms with Gasteiger partial charge in [-0.15, -0.1) is 0 Å². The summed E-state index contributed by atoms with van der Waals surface area (Å²) in [6.07, 6.45) is 82.9. The zero-order valence-electron chi connectivity index (χ0n) is 51.7. The molecule has 0 aliphatic heterocycles. The number of rotatable bonds is 63. The second kappa shape index (κ2) is 65.9. The van der Waals surface area contributed by atoms with Gasteiger partial charge >= 0.3 is 17.9 Å². The van der Waals surface area contributed by atoms with Crippen molar-refractivity contribution in [1.82, 2.24) is 0 Å². The van der Waals surface area contributed by atoms with Gasteiger partial charge in [-0.25, -0.2) is 0 Å². The highest BCUT2D eigenvalue weighted by atomic mass is 16.6. The van der Waals surface area contributed by atoms with E-state index < -0.39 is 6.10 Å². The van der Waals surface area contributed by atoms with E-state index >= 15 is 0 Å². The molecule has 0 aliphatic carbocycles. The van der Waals surface area contributed by atoms with E-state index in [0.29, 0.717) is 19.3 Å². The Morgan fingerprint density at radius 2 is 0.468 bits per heavy atom. The Kier molecular flexibility index (Phi) is 63.6. The first-order valence-corrected chi connectivity index (χ1v) is 34.1. The van der Waals surface area contributed by atoms with Crippen molar-refractivity contribution in [3.63, 3.8) is 0 Å². The number of carbonyl (C=O) groups excluding carboxylic acids is 3. The third kappa shape index (κ3) is 64.1. The fraction of sp³-hybridized carbons (Fsp3) is 0.845. The third-order valence-corrected chi connectivity index (χ3v) is 15.3. The average Bonchev–Trinajstić information content (AvgIpc) is 3.43. The first-order chi connectivity index (χ1) is 38.0. The second-order valence-electron chi connectivity index (χ2n) is 23.1. The van der Waals surface area contributed by atoms with Crippen LogP contribution in [-0.4, -0.2) is 37.2 Å². The highest BCUT2D eigenvalue weighted by molar-refractivity contribution is 5.71. The van der Waals surface area contributed by atoms with Gasteiger partial charge in [0, 0.05) is 19.3 Å². The Balaban J connectivity index is 4.07. The molecule has 0 heterocycles. The predicted octanol–water partition coefficient (Wildman–Crippen LogP) is 23.3. The molecule has 0 bridgehead atoms. The summed E-state index contributed by atoms with van der Waals surface area (Å²) in [4.78, 5) is 38.2. The fourth-order valence-corrected chi connectivity index (χ4v) is 10.1. The van der Waals surface area contributed by atoms with E-state index in [9.17, 15) is 14.4 Å². The first kappa shape index (κ1) is 74.4. The molecule has 0 aromatic carbocycles. The van der Waals surface area contributed by atoms with Crippen molar-refractivity contribution in [1.29, 1.82) is 0 Å². The van der Waals surface area contributed by atoms with Crippen molar-refractivity contribution in [2.24, 2.45) is 0 Å². The normalized spacial score (nSPS) is 12.3. The van der Waals surface area contributed by atoms with Gasteiger partial charge in [0.2, 0.25) is 0 Å². The molecule has 0 fully saturated rings. The van der Waals surface area contributed by atoms with Gasteiger partial charge in [0.1, 0.15) is 13.2 Å². The maximum atomic E-state index is 12.9. The largest absolute Gasteiger partial charge is 0.462 e. The zero-order chi connectivity index (χ0) is 55.7. The molecule has 1 atom stereocenters. The van der Waals surface area contributed by atoms with Gasteiger partial charge in [0.25, 0.3) is 0 Å². The predicted molar refractivity (Wildman–Crippen MR) is 335 cm³/mol. The Bertz CT molecular complexity index is 1330. The van der Waals surface area contributed by atoms with Crippen LogP contribution in [-0.2, 0) is 28.6 Å². The van der Waals surface area contributed by atoms with E-state index in [1.165, 1.54) is 250 Å². The maximum absolute atomic E-state index is 12.9. The minimum absolute atomic E-state index is 0.0750. The fourth-order valence-electron chi connectivity index (χ4n) is 10.1. The molecular weight excluding hydrogens is 949 g/mol. The number of ether oxygens (including phenoxy) is 3. The topological polar surface area (TPSA) is 78.9 Å². The molecule has 0 N–H and O–H groups in total. The summed E-state index contributed by atoms with van der Waals surface area (Å²) in [5, 5.41) is 0. The smallest absolute Gasteiger partial charge is 0.306 e. The minimum atomic E-state index is -0.778. The van der Waals surface area contributed by atoms with E-state index in [2.05, 4.69) is 69.4 Å². The van der Waals surface area contributed by atoms with Crippen molar-refractivity contribution in [3.05, 3.63) is 48.6 Å². The van der Waals surface area contributed by atoms with Crippen LogP contribution in [0.2, 0.25) is 0 Å². The van der Waals surface area contributed by atoms with Crippen molar-refractivity contribution in [2.75, 3.05) is 13.2 Å². The number of hydrogen-bond acceptors (Lipinski definition) is 6. The summed E-state index contributed by atoms with van der Waals surface area (Å²) < 4.78 is 16.9. The summed E-state index contributed by atoms with van der Waals surface area (Å²) in [5.74, 6) is -0.873. The number of allylic oxidation sites excluding steroid dienone is 8. The number of hydrogen-bond donors (Lipinski definition) is 0. The molecule has 0 rings (SSSR count). The third-order valence-electron chi connectivity index (χ3n) is 15.3. The van der Waals surface area contributed by atoms with Gasteiger partial charge in [0.05, 0.1) is 0 Å². The zero-order valence-corrected chi connectivity index (χ0v) is 51.7. The maximum Gasteiger partial charge on any atom is 0.306 e. The van der Waals surface area contributed by atoms with E-state index in [1.54, 1.807) is 0 Å². The molecule has 0 saturated heterocycles. The van der Waals surface area contributed by atoms with Crippen LogP contribution in [0.3, 0.4) is 0 Å². The lowest BCUT2D eigenvalue weighted by Crippen LogP contribution is -2.30. The first-order valence-electron chi connectivity index (χ1n) is 34.1. The van der Waals surface area contributed by atoms with Crippen LogP contribution >= 0.6 is 0 Å². The van der Waals surface area contributed by atoms with Gasteiger partial charge in [-0.2, -0.15) is 0 Å². The number of esters is 3. The molecule has 1 unspecified atom stereocenters. The standard InChI is InChI=1S/C71H130O6/c1-4-7-10-13-16-19-22-25-27-28-29-30-31-32-33-34-35-36-37-38-39-40-41-42-43-44-45-47-49-52-55-58-61-64-70(73)76-67-68(66-75-69(72)63-60-57-54-51-48-24-21-18-15-12-9-6-3)77-71(74)65-62-59-56-53-50-46-26-23-20-17-14-11-8-5-2/h18,21-23,25-26,28-29,68H,4-17,19-20,24,27,30-67H2,1-3H3/b21-18-,25-22-,26-23-,29-28-. The van der Waals surface area contributed by atoms with Crippen LogP contribution in [0.25, 0.3) is 0 Å². The van der Waals surface area contributed by atoms with Crippen LogP contribution in [0.15, 0.2) is 48.6 Å². The number of carbonyl (C=O) groups is 3. The Hall–Kier alpha value is -2.63. The van der Waals surface area contributed by atoms with Gasteiger partial charge in [-0.05, 0) is 103 Å². The minimum Gasteiger partial charge on any atom is -0.462 e. The molecule has 0 aliphatic rings. The lowest BCUT2D eigenvalue weighted by Gasteiger charge is -2.18. The second-order valence-corrected chi connectivity index (χ2v) is 23.1. The van der Waals surface area contributed by atoms with Gasteiger partial charge in [-0.1, -0.05) is 294 Å². The van der Waals surface area contributed by atoms with E-state index in [-0.39, 0.29) is 31.1 Å². The Morgan fingerprint density at radius 3 is 0.753 bits per heavy atom. The molecular formula is C71H130O6. The van der Waals surface area contributed by atoms with E-state index in [1.807, 2.05) is 0 Å². The molecule has 0 saturated carbocycles.